The van der Waals surface area contributed by atoms with Gasteiger partial charge in [0.1, 0.15) is 0 Å². The van der Waals surface area contributed by atoms with Crippen molar-refractivity contribution in [2.24, 2.45) is 5.92 Å². The van der Waals surface area contributed by atoms with Crippen molar-refractivity contribution >= 4 is 0 Å². The summed E-state index contributed by atoms with van der Waals surface area (Å²) in [5, 5.41) is 3.30. The number of nitrogens with one attached hydrogen (secondary N) is 1. The Bertz CT molecular complexity index is 117. The van der Waals surface area contributed by atoms with E-state index >= 15 is 0 Å². The van der Waals surface area contributed by atoms with Crippen LogP contribution in [-0.4, -0.2) is 37.6 Å². The second-order valence-electron chi connectivity index (χ2n) is 4.48. The van der Waals surface area contributed by atoms with E-state index in [1.54, 1.807) is 0 Å². The molecule has 0 heterocycles. The molecule has 0 aromatic carbocycles. The number of hydrogen-bond acceptors (Lipinski definition) is 2. The second-order valence-corrected chi connectivity index (χ2v) is 4.48. The Kier molecular flexibility index (Phi) is 8.20. The molecule has 0 aliphatic carbocycles. The van der Waals surface area contributed by atoms with E-state index in [0.29, 0.717) is 0 Å². The van der Waals surface area contributed by atoms with Crippen LogP contribution in [0.2, 0.25) is 0 Å². The minimum atomic E-state index is 0.720. The molecule has 0 aromatic rings. The van der Waals surface area contributed by atoms with Crippen molar-refractivity contribution in [1.82, 2.24) is 10.2 Å². The lowest BCUT2D eigenvalue weighted by Crippen LogP contribution is -2.43. The quantitative estimate of drug-likeness (QED) is 0.647. The fourth-order valence-corrected chi connectivity index (χ4v) is 1.99. The average molecular weight is 200 g/mol. The largest absolute Gasteiger partial charge is 0.318 e. The predicted octanol–water partition coefficient (Wildman–Crippen LogP) is 2.35. The second kappa shape index (κ2) is 8.25. The van der Waals surface area contributed by atoms with E-state index in [-0.39, 0.29) is 0 Å². The van der Waals surface area contributed by atoms with Gasteiger partial charge in [0.25, 0.3) is 0 Å². The lowest BCUT2D eigenvalue weighted by atomic mass is 10.1. The maximum absolute atomic E-state index is 3.30. The Morgan fingerprint density at radius 3 is 2.21 bits per heavy atom. The Hall–Kier alpha value is -0.0800. The molecule has 0 aliphatic rings. The van der Waals surface area contributed by atoms with Crippen LogP contribution >= 0.6 is 0 Å². The van der Waals surface area contributed by atoms with Crippen LogP contribution in [0.3, 0.4) is 0 Å². The van der Waals surface area contributed by atoms with Gasteiger partial charge in [-0.05, 0) is 25.9 Å². The average Bonchev–Trinajstić information content (AvgIpc) is 2.13. The minimum Gasteiger partial charge on any atom is -0.318 e. The summed E-state index contributed by atoms with van der Waals surface area (Å²) in [5.41, 5.74) is 0. The zero-order valence-corrected chi connectivity index (χ0v) is 10.6. The van der Waals surface area contributed by atoms with E-state index in [1.807, 2.05) is 7.05 Å². The molecule has 0 saturated carbocycles. The van der Waals surface area contributed by atoms with Crippen molar-refractivity contribution in [1.29, 1.82) is 0 Å². The van der Waals surface area contributed by atoms with Crippen LogP contribution in [0.15, 0.2) is 0 Å². The van der Waals surface area contributed by atoms with Crippen molar-refractivity contribution in [3.63, 3.8) is 0 Å². The van der Waals surface area contributed by atoms with Crippen molar-refractivity contribution in [2.45, 2.75) is 46.6 Å². The molecule has 86 valence electrons. The van der Waals surface area contributed by atoms with Gasteiger partial charge >= 0.3 is 0 Å². The smallest absolute Gasteiger partial charge is 0.0220 e. The highest BCUT2D eigenvalue weighted by Gasteiger charge is 2.15. The predicted molar refractivity (Wildman–Crippen MR) is 64.7 cm³/mol. The summed E-state index contributed by atoms with van der Waals surface area (Å²) in [7, 11) is 2.05. The van der Waals surface area contributed by atoms with Gasteiger partial charge in [-0.3, -0.25) is 4.90 Å². The van der Waals surface area contributed by atoms with Gasteiger partial charge in [0.05, 0.1) is 0 Å². The summed E-state index contributed by atoms with van der Waals surface area (Å²) in [6.45, 7) is 12.6. The van der Waals surface area contributed by atoms with Crippen molar-refractivity contribution < 1.29 is 0 Å². The van der Waals surface area contributed by atoms with Crippen LogP contribution in [0, 0.1) is 5.92 Å². The molecule has 0 aliphatic heterocycles. The van der Waals surface area contributed by atoms with E-state index in [0.717, 1.165) is 18.5 Å². The topological polar surface area (TPSA) is 15.3 Å². The third-order valence-electron chi connectivity index (χ3n) is 2.58. The SMILES string of the molecule is CCCC(CNC)N(CC)CC(C)C. The number of nitrogens with zero attached hydrogens (tertiary/aromatic N) is 1. The zero-order chi connectivity index (χ0) is 11.0. The summed E-state index contributed by atoms with van der Waals surface area (Å²) in [5.74, 6) is 0.770. The van der Waals surface area contributed by atoms with Crippen LogP contribution in [0.1, 0.15) is 40.5 Å². The molecule has 0 fully saturated rings. The lowest BCUT2D eigenvalue weighted by molar-refractivity contribution is 0.172. The maximum Gasteiger partial charge on any atom is 0.0220 e. The summed E-state index contributed by atoms with van der Waals surface area (Å²) in [4.78, 5) is 2.60. The van der Waals surface area contributed by atoms with Crippen LogP contribution < -0.4 is 5.32 Å². The van der Waals surface area contributed by atoms with E-state index in [1.165, 1.54) is 25.9 Å². The first-order valence-electron chi connectivity index (χ1n) is 6.04. The highest BCUT2D eigenvalue weighted by molar-refractivity contribution is 4.73. The zero-order valence-electron chi connectivity index (χ0n) is 10.6. The van der Waals surface area contributed by atoms with Gasteiger partial charge in [0.15, 0.2) is 0 Å². The van der Waals surface area contributed by atoms with E-state index in [4.69, 9.17) is 0 Å². The normalized spacial score (nSPS) is 13.9. The Labute approximate surface area is 90.1 Å². The maximum atomic E-state index is 3.30. The first kappa shape index (κ1) is 13.9. The Balaban J connectivity index is 4.10. The van der Waals surface area contributed by atoms with Crippen molar-refractivity contribution in [2.75, 3.05) is 26.7 Å². The molecule has 14 heavy (non-hydrogen) atoms. The minimum absolute atomic E-state index is 0.720. The summed E-state index contributed by atoms with van der Waals surface area (Å²) in [6.07, 6.45) is 2.59. The van der Waals surface area contributed by atoms with E-state index < -0.39 is 0 Å². The van der Waals surface area contributed by atoms with Gasteiger partial charge in [-0.1, -0.05) is 34.1 Å². The standard InChI is InChI=1S/C12H28N2/c1-6-8-12(9-13-5)14(7-2)10-11(3)4/h11-13H,6-10H2,1-5H3. The molecule has 1 N–H and O–H groups in total. The number of rotatable bonds is 8. The fourth-order valence-electron chi connectivity index (χ4n) is 1.99. The van der Waals surface area contributed by atoms with Crippen LogP contribution in [0.5, 0.6) is 0 Å². The van der Waals surface area contributed by atoms with Gasteiger partial charge in [0.2, 0.25) is 0 Å². The van der Waals surface area contributed by atoms with Gasteiger partial charge in [-0.15, -0.1) is 0 Å². The van der Waals surface area contributed by atoms with Crippen molar-refractivity contribution in [3.8, 4) is 0 Å². The fraction of sp³-hybridized carbons (Fsp3) is 1.00. The van der Waals surface area contributed by atoms with Gasteiger partial charge in [-0.2, -0.15) is 0 Å². The molecule has 1 unspecified atom stereocenters. The third kappa shape index (κ3) is 5.61. The highest BCUT2D eigenvalue weighted by Crippen LogP contribution is 2.09. The molecule has 0 spiro atoms. The molecular formula is C12H28N2. The molecule has 2 nitrogen and oxygen atoms in total. The van der Waals surface area contributed by atoms with E-state index in [9.17, 15) is 0 Å². The molecule has 0 amide bonds. The van der Waals surface area contributed by atoms with Crippen molar-refractivity contribution in [3.05, 3.63) is 0 Å². The molecule has 0 bridgehead atoms. The van der Waals surface area contributed by atoms with Crippen LogP contribution in [-0.2, 0) is 0 Å². The van der Waals surface area contributed by atoms with E-state index in [2.05, 4.69) is 37.9 Å². The summed E-state index contributed by atoms with van der Waals surface area (Å²) < 4.78 is 0. The summed E-state index contributed by atoms with van der Waals surface area (Å²) in [6, 6.07) is 0.720. The Morgan fingerprint density at radius 2 is 1.86 bits per heavy atom. The monoisotopic (exact) mass is 200 g/mol. The van der Waals surface area contributed by atoms with Gasteiger partial charge in [0, 0.05) is 19.1 Å². The molecule has 0 aromatic heterocycles. The summed E-state index contributed by atoms with van der Waals surface area (Å²) >= 11 is 0. The first-order valence-corrected chi connectivity index (χ1v) is 6.04. The Morgan fingerprint density at radius 1 is 1.21 bits per heavy atom. The number of likely N-dealkylation sites (N-methyl/N-ethyl adjacent to an activating group) is 2. The molecule has 1 atom stereocenters. The van der Waals surface area contributed by atoms with Crippen LogP contribution in [0.4, 0.5) is 0 Å². The third-order valence-corrected chi connectivity index (χ3v) is 2.58. The molecule has 0 saturated heterocycles. The molecule has 2 heteroatoms. The van der Waals surface area contributed by atoms with Gasteiger partial charge in [-0.25, -0.2) is 0 Å². The molecular weight excluding hydrogens is 172 g/mol. The number of hydrogen-bond donors (Lipinski definition) is 1. The molecule has 0 rings (SSSR count). The first-order chi connectivity index (χ1) is 6.65. The lowest BCUT2D eigenvalue weighted by Gasteiger charge is -2.31. The van der Waals surface area contributed by atoms with Crippen LogP contribution in [0.25, 0.3) is 0 Å². The molecule has 0 radical (unpaired) electrons. The van der Waals surface area contributed by atoms with Gasteiger partial charge < -0.3 is 5.32 Å². The highest BCUT2D eigenvalue weighted by atomic mass is 15.2.